The standard InChI is InChI=1S/C16H12FNO2S/c1-20-13-8-11(7-12(17)15(13)19)16-14(18-9-21-16)10-5-3-2-4-6-10/h2-9,19H,1H3. The van der Waals surface area contributed by atoms with Crippen LogP contribution in [0.1, 0.15) is 0 Å². The molecule has 0 unspecified atom stereocenters. The third-order valence-corrected chi connectivity index (χ3v) is 4.00. The average Bonchev–Trinajstić information content (AvgIpc) is 3.00. The van der Waals surface area contributed by atoms with Gasteiger partial charge in [0.05, 0.1) is 23.2 Å². The highest BCUT2D eigenvalue weighted by Gasteiger charge is 2.16. The van der Waals surface area contributed by atoms with Crippen molar-refractivity contribution < 1.29 is 14.2 Å². The molecule has 0 aliphatic rings. The first kappa shape index (κ1) is 13.6. The molecule has 0 aliphatic carbocycles. The maximum Gasteiger partial charge on any atom is 0.194 e. The van der Waals surface area contributed by atoms with Crippen LogP contribution in [0.3, 0.4) is 0 Å². The first-order chi connectivity index (χ1) is 10.2. The van der Waals surface area contributed by atoms with Crippen LogP contribution < -0.4 is 4.74 Å². The van der Waals surface area contributed by atoms with E-state index in [4.69, 9.17) is 4.74 Å². The number of rotatable bonds is 3. The fourth-order valence-electron chi connectivity index (χ4n) is 2.11. The van der Waals surface area contributed by atoms with E-state index in [1.165, 1.54) is 24.5 Å². The molecular formula is C16H12FNO2S. The second-order valence-corrected chi connectivity index (χ2v) is 5.26. The van der Waals surface area contributed by atoms with E-state index in [0.29, 0.717) is 5.56 Å². The number of thiazole rings is 1. The molecule has 0 radical (unpaired) electrons. The van der Waals surface area contributed by atoms with E-state index in [1.54, 1.807) is 11.6 Å². The molecule has 3 aromatic rings. The van der Waals surface area contributed by atoms with Crippen molar-refractivity contribution in [3.8, 4) is 33.2 Å². The van der Waals surface area contributed by atoms with Crippen LogP contribution in [-0.2, 0) is 0 Å². The van der Waals surface area contributed by atoms with Crippen molar-refractivity contribution in [1.82, 2.24) is 4.98 Å². The number of hydrogen-bond donors (Lipinski definition) is 1. The molecule has 1 aromatic heterocycles. The first-order valence-electron chi connectivity index (χ1n) is 6.26. The Labute approximate surface area is 125 Å². The molecule has 2 aromatic carbocycles. The summed E-state index contributed by atoms with van der Waals surface area (Å²) in [6.45, 7) is 0. The molecule has 21 heavy (non-hydrogen) atoms. The molecule has 0 saturated carbocycles. The van der Waals surface area contributed by atoms with Gasteiger partial charge < -0.3 is 9.84 Å². The topological polar surface area (TPSA) is 42.4 Å². The number of methoxy groups -OCH3 is 1. The summed E-state index contributed by atoms with van der Waals surface area (Å²) in [4.78, 5) is 5.20. The van der Waals surface area contributed by atoms with Crippen LogP contribution >= 0.6 is 11.3 Å². The van der Waals surface area contributed by atoms with Gasteiger partial charge in [0, 0.05) is 11.1 Å². The summed E-state index contributed by atoms with van der Waals surface area (Å²) in [6.07, 6.45) is 0. The van der Waals surface area contributed by atoms with Gasteiger partial charge in [-0.3, -0.25) is 0 Å². The fourth-order valence-corrected chi connectivity index (χ4v) is 2.91. The number of phenols is 1. The minimum Gasteiger partial charge on any atom is -0.502 e. The van der Waals surface area contributed by atoms with Gasteiger partial charge in [-0.15, -0.1) is 11.3 Å². The lowest BCUT2D eigenvalue weighted by atomic mass is 10.1. The molecule has 1 heterocycles. The highest BCUT2D eigenvalue weighted by Crippen LogP contribution is 2.39. The number of ether oxygens (including phenoxy) is 1. The predicted molar refractivity (Wildman–Crippen MR) is 81.2 cm³/mol. The SMILES string of the molecule is COc1cc(-c2scnc2-c2ccccc2)cc(F)c1O. The number of phenolic OH excluding ortho intramolecular Hbond substituents is 1. The van der Waals surface area contributed by atoms with Gasteiger partial charge in [0.1, 0.15) is 0 Å². The number of halogens is 1. The van der Waals surface area contributed by atoms with E-state index in [-0.39, 0.29) is 5.75 Å². The van der Waals surface area contributed by atoms with Gasteiger partial charge in [-0.1, -0.05) is 30.3 Å². The first-order valence-corrected chi connectivity index (χ1v) is 7.14. The lowest BCUT2D eigenvalue weighted by molar-refractivity contribution is 0.357. The Morgan fingerprint density at radius 2 is 1.90 bits per heavy atom. The van der Waals surface area contributed by atoms with Crippen molar-refractivity contribution in [2.24, 2.45) is 0 Å². The zero-order valence-electron chi connectivity index (χ0n) is 11.2. The Balaban J connectivity index is 2.15. The lowest BCUT2D eigenvalue weighted by Gasteiger charge is -2.08. The molecule has 106 valence electrons. The van der Waals surface area contributed by atoms with Crippen LogP contribution in [0.15, 0.2) is 48.0 Å². The Morgan fingerprint density at radius 3 is 2.62 bits per heavy atom. The van der Waals surface area contributed by atoms with Gasteiger partial charge in [-0.2, -0.15) is 0 Å². The quantitative estimate of drug-likeness (QED) is 0.783. The molecule has 1 N–H and O–H groups in total. The highest BCUT2D eigenvalue weighted by atomic mass is 32.1. The summed E-state index contributed by atoms with van der Waals surface area (Å²) in [6, 6.07) is 12.6. The van der Waals surface area contributed by atoms with Gasteiger partial charge in [0.25, 0.3) is 0 Å². The van der Waals surface area contributed by atoms with E-state index in [2.05, 4.69) is 4.98 Å². The van der Waals surface area contributed by atoms with Crippen molar-refractivity contribution >= 4 is 11.3 Å². The summed E-state index contributed by atoms with van der Waals surface area (Å²) < 4.78 is 18.8. The third-order valence-electron chi connectivity index (χ3n) is 3.13. The number of benzene rings is 2. The van der Waals surface area contributed by atoms with Crippen molar-refractivity contribution in [2.45, 2.75) is 0 Å². The Kier molecular flexibility index (Phi) is 3.58. The van der Waals surface area contributed by atoms with Gasteiger partial charge >= 0.3 is 0 Å². The molecule has 0 saturated heterocycles. The van der Waals surface area contributed by atoms with E-state index in [0.717, 1.165) is 16.1 Å². The van der Waals surface area contributed by atoms with Crippen LogP contribution in [-0.4, -0.2) is 17.2 Å². The molecule has 0 amide bonds. The monoisotopic (exact) mass is 301 g/mol. The number of aromatic nitrogens is 1. The maximum absolute atomic E-state index is 13.8. The zero-order chi connectivity index (χ0) is 14.8. The van der Waals surface area contributed by atoms with Gasteiger partial charge in [-0.05, 0) is 12.1 Å². The summed E-state index contributed by atoms with van der Waals surface area (Å²) in [5.41, 5.74) is 4.09. The molecule has 3 rings (SSSR count). The third kappa shape index (κ3) is 2.48. The van der Waals surface area contributed by atoms with Gasteiger partial charge in [0.15, 0.2) is 17.3 Å². The van der Waals surface area contributed by atoms with E-state index in [9.17, 15) is 9.50 Å². The molecule has 0 aliphatic heterocycles. The van der Waals surface area contributed by atoms with Crippen LogP contribution in [0, 0.1) is 5.82 Å². The molecule has 5 heteroatoms. The summed E-state index contributed by atoms with van der Waals surface area (Å²) in [5.74, 6) is -1.08. The molecule has 0 spiro atoms. The second kappa shape index (κ2) is 5.54. The van der Waals surface area contributed by atoms with E-state index < -0.39 is 11.6 Å². The molecule has 0 fully saturated rings. The van der Waals surface area contributed by atoms with E-state index >= 15 is 0 Å². The largest absolute Gasteiger partial charge is 0.502 e. The van der Waals surface area contributed by atoms with Crippen molar-refractivity contribution in [3.63, 3.8) is 0 Å². The zero-order valence-corrected chi connectivity index (χ0v) is 12.0. The second-order valence-electron chi connectivity index (χ2n) is 4.41. The normalized spacial score (nSPS) is 10.6. The Morgan fingerprint density at radius 1 is 1.14 bits per heavy atom. The highest BCUT2D eigenvalue weighted by molar-refractivity contribution is 7.13. The smallest absolute Gasteiger partial charge is 0.194 e. The predicted octanol–water partition coefficient (Wildman–Crippen LogP) is 4.33. The summed E-state index contributed by atoms with van der Waals surface area (Å²) in [5, 5.41) is 9.59. The lowest BCUT2D eigenvalue weighted by Crippen LogP contribution is -1.89. The Bertz CT molecular complexity index is 771. The van der Waals surface area contributed by atoms with Crippen molar-refractivity contribution in [1.29, 1.82) is 0 Å². The summed E-state index contributed by atoms with van der Waals surface area (Å²) >= 11 is 1.42. The van der Waals surface area contributed by atoms with Crippen LogP contribution in [0.5, 0.6) is 11.5 Å². The van der Waals surface area contributed by atoms with Crippen LogP contribution in [0.2, 0.25) is 0 Å². The molecule has 3 nitrogen and oxygen atoms in total. The number of hydrogen-bond acceptors (Lipinski definition) is 4. The van der Waals surface area contributed by atoms with Crippen molar-refractivity contribution in [2.75, 3.05) is 7.11 Å². The number of nitrogens with zero attached hydrogens (tertiary/aromatic N) is 1. The van der Waals surface area contributed by atoms with E-state index in [1.807, 2.05) is 30.3 Å². The maximum atomic E-state index is 13.8. The molecule has 0 atom stereocenters. The van der Waals surface area contributed by atoms with Crippen LogP contribution in [0.4, 0.5) is 4.39 Å². The average molecular weight is 301 g/mol. The van der Waals surface area contributed by atoms with Crippen LogP contribution in [0.25, 0.3) is 21.7 Å². The minimum absolute atomic E-state index is 0.109. The molecule has 0 bridgehead atoms. The fraction of sp³-hybridized carbons (Fsp3) is 0.0625. The summed E-state index contributed by atoms with van der Waals surface area (Å²) in [7, 11) is 1.39. The minimum atomic E-state index is -0.711. The Hall–Kier alpha value is -2.40. The van der Waals surface area contributed by atoms with Crippen molar-refractivity contribution in [3.05, 3.63) is 53.8 Å². The van der Waals surface area contributed by atoms with Gasteiger partial charge in [-0.25, -0.2) is 9.37 Å². The van der Waals surface area contributed by atoms with Gasteiger partial charge in [0.2, 0.25) is 0 Å². The molecular weight excluding hydrogens is 289 g/mol. The number of aromatic hydroxyl groups is 1.